The van der Waals surface area contributed by atoms with Gasteiger partial charge >= 0.3 is 0 Å². The van der Waals surface area contributed by atoms with Gasteiger partial charge in [0.05, 0.1) is 10.6 Å². The van der Waals surface area contributed by atoms with E-state index in [0.717, 1.165) is 21.9 Å². The molecular weight excluding hydrogens is 161 g/mol. The second-order valence-corrected chi connectivity index (χ2v) is 3.22. The molecule has 0 bridgehead atoms. The van der Waals surface area contributed by atoms with Crippen LogP contribution in [0.15, 0.2) is 30.5 Å². The van der Waals surface area contributed by atoms with Crippen LogP contribution in [0, 0.1) is 5.13 Å². The monoisotopic (exact) mass is 167 g/mol. The number of hydrogen-bond acceptors (Lipinski definition) is 1. The molecule has 0 aliphatic heterocycles. The maximum atomic E-state index is 12.5. The van der Waals surface area contributed by atoms with Crippen LogP contribution in [0.2, 0.25) is 0 Å². The van der Waals surface area contributed by atoms with Crippen molar-refractivity contribution in [3.63, 3.8) is 0 Å². The number of rotatable bonds is 1. The number of aromatic nitrogens is 1. The highest BCUT2D eigenvalue weighted by atomic mass is 32.1. The van der Waals surface area contributed by atoms with Gasteiger partial charge in [-0.15, -0.1) is 11.3 Å². The first-order chi connectivity index (χ1) is 5.36. The standard InChI is InChI=1S/C8H6FNS/c9-8-4-3-7(11-8)6-2-1-5-10-6/h1-5,10H. The van der Waals surface area contributed by atoms with Gasteiger partial charge in [-0.25, -0.2) is 0 Å². The SMILES string of the molecule is Fc1ccc(-c2ccc[nH]2)s1. The van der Waals surface area contributed by atoms with Crippen LogP contribution >= 0.6 is 11.3 Å². The Balaban J connectivity index is 2.45. The predicted octanol–water partition coefficient (Wildman–Crippen LogP) is 2.88. The number of nitrogens with one attached hydrogen (secondary N) is 1. The molecule has 0 aromatic carbocycles. The normalized spacial score (nSPS) is 10.3. The summed E-state index contributed by atoms with van der Waals surface area (Å²) in [7, 11) is 0. The fourth-order valence-corrected chi connectivity index (χ4v) is 1.66. The lowest BCUT2D eigenvalue weighted by Gasteiger charge is -1.87. The molecule has 0 aliphatic carbocycles. The topological polar surface area (TPSA) is 15.8 Å². The van der Waals surface area contributed by atoms with E-state index >= 15 is 0 Å². The molecule has 0 atom stereocenters. The summed E-state index contributed by atoms with van der Waals surface area (Å²) in [6, 6.07) is 7.06. The zero-order valence-electron chi connectivity index (χ0n) is 5.67. The minimum absolute atomic E-state index is 0.144. The van der Waals surface area contributed by atoms with Gasteiger partial charge in [0.25, 0.3) is 0 Å². The van der Waals surface area contributed by atoms with Crippen molar-refractivity contribution < 1.29 is 4.39 Å². The Labute approximate surface area is 67.5 Å². The highest BCUT2D eigenvalue weighted by Gasteiger charge is 2.00. The molecule has 0 fully saturated rings. The first kappa shape index (κ1) is 6.61. The van der Waals surface area contributed by atoms with Gasteiger partial charge in [0, 0.05) is 6.20 Å². The van der Waals surface area contributed by atoms with Gasteiger partial charge in [-0.2, -0.15) is 4.39 Å². The van der Waals surface area contributed by atoms with Crippen LogP contribution in [-0.2, 0) is 0 Å². The van der Waals surface area contributed by atoms with Crippen LogP contribution in [-0.4, -0.2) is 4.98 Å². The minimum Gasteiger partial charge on any atom is -0.361 e. The van der Waals surface area contributed by atoms with Crippen molar-refractivity contribution in [3.8, 4) is 10.6 Å². The van der Waals surface area contributed by atoms with Crippen molar-refractivity contribution in [2.45, 2.75) is 0 Å². The summed E-state index contributed by atoms with van der Waals surface area (Å²) in [5, 5.41) is -0.144. The molecule has 2 aromatic rings. The average molecular weight is 167 g/mol. The number of hydrogen-bond donors (Lipinski definition) is 1. The minimum atomic E-state index is -0.144. The largest absolute Gasteiger partial charge is 0.361 e. The van der Waals surface area contributed by atoms with Gasteiger partial charge in [-0.1, -0.05) is 0 Å². The molecule has 0 radical (unpaired) electrons. The Morgan fingerprint density at radius 3 is 2.73 bits per heavy atom. The summed E-state index contributed by atoms with van der Waals surface area (Å²) in [4.78, 5) is 3.95. The van der Waals surface area contributed by atoms with E-state index in [-0.39, 0.29) is 5.13 Å². The van der Waals surface area contributed by atoms with E-state index in [0.29, 0.717) is 0 Å². The van der Waals surface area contributed by atoms with E-state index in [4.69, 9.17) is 0 Å². The Morgan fingerprint density at radius 1 is 1.27 bits per heavy atom. The molecule has 0 unspecified atom stereocenters. The van der Waals surface area contributed by atoms with E-state index in [1.165, 1.54) is 6.07 Å². The molecular formula is C8H6FNS. The van der Waals surface area contributed by atoms with Gasteiger partial charge in [-0.05, 0) is 24.3 Å². The molecule has 2 aromatic heterocycles. The highest BCUT2D eigenvalue weighted by Crippen LogP contribution is 2.24. The Hall–Kier alpha value is -1.09. The van der Waals surface area contributed by atoms with E-state index in [1.54, 1.807) is 6.07 Å². The molecule has 1 N–H and O–H groups in total. The van der Waals surface area contributed by atoms with Crippen molar-refractivity contribution in [1.29, 1.82) is 0 Å². The third-order valence-corrected chi connectivity index (χ3v) is 2.34. The molecule has 0 spiro atoms. The summed E-state index contributed by atoms with van der Waals surface area (Å²) < 4.78 is 12.5. The lowest BCUT2D eigenvalue weighted by Crippen LogP contribution is -1.65. The molecule has 11 heavy (non-hydrogen) atoms. The lowest BCUT2D eigenvalue weighted by atomic mass is 10.3. The Kier molecular flexibility index (Phi) is 1.51. The van der Waals surface area contributed by atoms with E-state index < -0.39 is 0 Å². The summed E-state index contributed by atoms with van der Waals surface area (Å²) >= 11 is 1.15. The van der Waals surface area contributed by atoms with Crippen molar-refractivity contribution in [2.75, 3.05) is 0 Å². The van der Waals surface area contributed by atoms with Crippen molar-refractivity contribution >= 4 is 11.3 Å². The van der Waals surface area contributed by atoms with Crippen LogP contribution in [0.1, 0.15) is 0 Å². The van der Waals surface area contributed by atoms with E-state index in [1.807, 2.05) is 18.3 Å². The predicted molar refractivity (Wildman–Crippen MR) is 44.1 cm³/mol. The first-order valence-corrected chi connectivity index (χ1v) is 4.07. The van der Waals surface area contributed by atoms with Gasteiger partial charge in [0.15, 0.2) is 5.13 Å². The van der Waals surface area contributed by atoms with Gasteiger partial charge in [-0.3, -0.25) is 0 Å². The smallest absolute Gasteiger partial charge is 0.177 e. The number of H-pyrrole nitrogens is 1. The molecule has 1 nitrogen and oxygen atoms in total. The molecule has 2 heterocycles. The fraction of sp³-hybridized carbons (Fsp3) is 0. The first-order valence-electron chi connectivity index (χ1n) is 3.25. The second-order valence-electron chi connectivity index (χ2n) is 2.19. The molecule has 0 saturated heterocycles. The third kappa shape index (κ3) is 1.19. The maximum absolute atomic E-state index is 12.5. The summed E-state index contributed by atoms with van der Waals surface area (Å²) in [5.74, 6) is 0. The molecule has 2 rings (SSSR count). The van der Waals surface area contributed by atoms with Gasteiger partial charge in [0.2, 0.25) is 0 Å². The summed E-state index contributed by atoms with van der Waals surface area (Å²) in [6.45, 7) is 0. The van der Waals surface area contributed by atoms with Crippen LogP contribution in [0.3, 0.4) is 0 Å². The van der Waals surface area contributed by atoms with Crippen LogP contribution in [0.4, 0.5) is 4.39 Å². The molecule has 0 aliphatic rings. The molecule has 0 amide bonds. The van der Waals surface area contributed by atoms with E-state index in [9.17, 15) is 4.39 Å². The Morgan fingerprint density at radius 2 is 2.18 bits per heavy atom. The van der Waals surface area contributed by atoms with Crippen LogP contribution in [0.25, 0.3) is 10.6 Å². The quantitative estimate of drug-likeness (QED) is 0.672. The van der Waals surface area contributed by atoms with Crippen molar-refractivity contribution in [3.05, 3.63) is 35.6 Å². The molecule has 56 valence electrons. The summed E-state index contributed by atoms with van der Waals surface area (Å²) in [6.07, 6.45) is 1.83. The number of aromatic amines is 1. The zero-order valence-corrected chi connectivity index (χ0v) is 6.49. The molecule has 0 saturated carbocycles. The van der Waals surface area contributed by atoms with Crippen LogP contribution < -0.4 is 0 Å². The average Bonchev–Trinajstić information content (AvgIpc) is 2.55. The lowest BCUT2D eigenvalue weighted by molar-refractivity contribution is 0.657. The van der Waals surface area contributed by atoms with Crippen LogP contribution in [0.5, 0.6) is 0 Å². The third-order valence-electron chi connectivity index (χ3n) is 1.44. The van der Waals surface area contributed by atoms with Gasteiger partial charge in [0.1, 0.15) is 0 Å². The number of thiophene rings is 1. The fourth-order valence-electron chi connectivity index (χ4n) is 0.943. The number of halogens is 1. The van der Waals surface area contributed by atoms with Gasteiger partial charge < -0.3 is 4.98 Å². The van der Waals surface area contributed by atoms with Crippen molar-refractivity contribution in [1.82, 2.24) is 4.98 Å². The van der Waals surface area contributed by atoms with Crippen molar-refractivity contribution in [2.24, 2.45) is 0 Å². The highest BCUT2D eigenvalue weighted by molar-refractivity contribution is 7.13. The Bertz CT molecular complexity index is 337. The summed E-state index contributed by atoms with van der Waals surface area (Å²) in [5.41, 5.74) is 0.971. The van der Waals surface area contributed by atoms with E-state index in [2.05, 4.69) is 4.98 Å². The second kappa shape index (κ2) is 2.51. The zero-order chi connectivity index (χ0) is 7.68. The molecule has 3 heteroatoms. The maximum Gasteiger partial charge on any atom is 0.177 e.